The van der Waals surface area contributed by atoms with Crippen LogP contribution in [0.4, 0.5) is 0 Å². The Kier molecular flexibility index (Phi) is 6.02. The van der Waals surface area contributed by atoms with Crippen molar-refractivity contribution in [3.63, 3.8) is 0 Å². The summed E-state index contributed by atoms with van der Waals surface area (Å²) in [6, 6.07) is 7.50. The van der Waals surface area contributed by atoms with Crippen LogP contribution < -0.4 is 0 Å². The number of carbonyl (C=O) groups is 2. The average molecular weight is 399 g/mol. The highest BCUT2D eigenvalue weighted by atomic mass is 32.1. The summed E-state index contributed by atoms with van der Waals surface area (Å²) < 4.78 is 0. The van der Waals surface area contributed by atoms with E-state index in [9.17, 15) is 9.59 Å². The van der Waals surface area contributed by atoms with Gasteiger partial charge in [-0.3, -0.25) is 19.5 Å². The molecule has 0 saturated carbocycles. The number of pyridine rings is 1. The van der Waals surface area contributed by atoms with Gasteiger partial charge in [-0.05, 0) is 48.4 Å². The van der Waals surface area contributed by atoms with E-state index in [-0.39, 0.29) is 17.9 Å². The fraction of sp³-hybridized carbons (Fsp3) is 0.476. The molecule has 2 aliphatic rings. The third kappa shape index (κ3) is 4.25. The van der Waals surface area contributed by atoms with E-state index >= 15 is 0 Å². The molecule has 0 spiro atoms. The number of amides is 2. The van der Waals surface area contributed by atoms with Gasteiger partial charge >= 0.3 is 0 Å². The zero-order valence-electron chi connectivity index (χ0n) is 16.0. The van der Waals surface area contributed by atoms with Crippen LogP contribution in [-0.2, 0) is 11.3 Å². The summed E-state index contributed by atoms with van der Waals surface area (Å²) in [5.41, 5.74) is 1.25. The topological polar surface area (TPSA) is 56.8 Å². The molecule has 2 saturated heterocycles. The molecular formula is C21H26N4O2S. The van der Waals surface area contributed by atoms with Crippen molar-refractivity contribution >= 4 is 23.2 Å². The molecule has 0 N–H and O–H groups in total. The van der Waals surface area contributed by atoms with Crippen molar-refractivity contribution in [1.29, 1.82) is 0 Å². The molecular weight excluding hydrogens is 372 g/mol. The van der Waals surface area contributed by atoms with E-state index in [0.29, 0.717) is 6.54 Å². The van der Waals surface area contributed by atoms with Gasteiger partial charge in [-0.1, -0.05) is 6.07 Å². The Balaban J connectivity index is 1.36. The Labute approximate surface area is 169 Å². The number of carbonyl (C=O) groups excluding carboxylic acids is 2. The molecule has 0 radical (unpaired) electrons. The standard InChI is InChI=1S/C21H26N4O2S/c26-20(18-4-1-2-10-25(18)21(27)19-5-3-15-28-19)24-13-11-23(12-14-24)16-17-6-8-22-9-7-17/h3,5-9,15,18H,1-2,4,10-14,16H2. The largest absolute Gasteiger partial charge is 0.338 e. The molecule has 1 unspecified atom stereocenters. The highest BCUT2D eigenvalue weighted by molar-refractivity contribution is 7.12. The molecule has 28 heavy (non-hydrogen) atoms. The quantitative estimate of drug-likeness (QED) is 0.794. The maximum absolute atomic E-state index is 13.2. The minimum atomic E-state index is -0.310. The number of likely N-dealkylation sites (tertiary alicyclic amines) is 1. The lowest BCUT2D eigenvalue weighted by molar-refractivity contribution is -0.139. The van der Waals surface area contributed by atoms with E-state index < -0.39 is 0 Å². The first kappa shape index (κ1) is 19.1. The van der Waals surface area contributed by atoms with Gasteiger partial charge in [0, 0.05) is 51.7 Å². The van der Waals surface area contributed by atoms with Crippen molar-refractivity contribution in [2.24, 2.45) is 0 Å². The Morgan fingerprint density at radius 3 is 2.54 bits per heavy atom. The number of piperazine rings is 1. The maximum Gasteiger partial charge on any atom is 0.264 e. The van der Waals surface area contributed by atoms with Crippen LogP contribution in [0.2, 0.25) is 0 Å². The summed E-state index contributed by atoms with van der Waals surface area (Å²) in [6.45, 7) is 4.73. The van der Waals surface area contributed by atoms with Gasteiger partial charge in [-0.15, -0.1) is 11.3 Å². The second kappa shape index (κ2) is 8.84. The summed E-state index contributed by atoms with van der Waals surface area (Å²) in [5, 5.41) is 1.91. The van der Waals surface area contributed by atoms with Gasteiger partial charge in [0.25, 0.3) is 5.91 Å². The minimum Gasteiger partial charge on any atom is -0.338 e. The number of aromatic nitrogens is 1. The van der Waals surface area contributed by atoms with Gasteiger partial charge in [0.2, 0.25) is 5.91 Å². The Bertz CT molecular complexity index is 788. The summed E-state index contributed by atoms with van der Waals surface area (Å²) >= 11 is 1.45. The summed E-state index contributed by atoms with van der Waals surface area (Å²) in [7, 11) is 0. The van der Waals surface area contributed by atoms with E-state index in [2.05, 4.69) is 9.88 Å². The normalized spacial score (nSPS) is 20.9. The first-order valence-corrected chi connectivity index (χ1v) is 10.8. The van der Waals surface area contributed by atoms with Gasteiger partial charge < -0.3 is 9.80 Å². The predicted octanol–water partition coefficient (Wildman–Crippen LogP) is 2.48. The first-order chi connectivity index (χ1) is 13.7. The Morgan fingerprint density at radius 1 is 1.04 bits per heavy atom. The molecule has 4 heterocycles. The second-order valence-electron chi connectivity index (χ2n) is 7.44. The highest BCUT2D eigenvalue weighted by Crippen LogP contribution is 2.23. The minimum absolute atomic E-state index is 0.00405. The Morgan fingerprint density at radius 2 is 1.82 bits per heavy atom. The van der Waals surface area contributed by atoms with Crippen molar-refractivity contribution < 1.29 is 9.59 Å². The molecule has 4 rings (SSSR count). The summed E-state index contributed by atoms with van der Waals surface area (Å²) in [5.74, 6) is 0.123. The molecule has 2 aromatic rings. The lowest BCUT2D eigenvalue weighted by atomic mass is 10.00. The smallest absolute Gasteiger partial charge is 0.264 e. The lowest BCUT2D eigenvalue weighted by Gasteiger charge is -2.40. The molecule has 0 bridgehead atoms. The van der Waals surface area contributed by atoms with Gasteiger partial charge in [-0.2, -0.15) is 0 Å². The number of piperidine rings is 1. The van der Waals surface area contributed by atoms with Crippen LogP contribution in [0.1, 0.15) is 34.5 Å². The van der Waals surface area contributed by atoms with Gasteiger partial charge in [0.15, 0.2) is 0 Å². The zero-order chi connectivity index (χ0) is 19.3. The number of hydrogen-bond acceptors (Lipinski definition) is 5. The highest BCUT2D eigenvalue weighted by Gasteiger charge is 2.36. The van der Waals surface area contributed by atoms with Crippen LogP contribution in [0.15, 0.2) is 42.0 Å². The van der Waals surface area contributed by atoms with Gasteiger partial charge in [-0.25, -0.2) is 0 Å². The van der Waals surface area contributed by atoms with Crippen LogP contribution in [-0.4, -0.2) is 70.3 Å². The van der Waals surface area contributed by atoms with Crippen molar-refractivity contribution in [2.45, 2.75) is 31.8 Å². The third-order valence-corrected chi connectivity index (χ3v) is 6.48. The van der Waals surface area contributed by atoms with Gasteiger partial charge in [0.05, 0.1) is 4.88 Å². The van der Waals surface area contributed by atoms with Crippen molar-refractivity contribution in [3.8, 4) is 0 Å². The molecule has 2 amide bonds. The molecule has 2 fully saturated rings. The van der Waals surface area contributed by atoms with Crippen LogP contribution in [0.3, 0.4) is 0 Å². The monoisotopic (exact) mass is 398 g/mol. The summed E-state index contributed by atoms with van der Waals surface area (Å²) in [4.78, 5) is 37.0. The molecule has 0 aliphatic carbocycles. The van der Waals surface area contributed by atoms with E-state index in [1.807, 2.05) is 46.9 Å². The number of hydrogen-bond donors (Lipinski definition) is 0. The predicted molar refractivity (Wildman–Crippen MR) is 109 cm³/mol. The van der Waals surface area contributed by atoms with Crippen LogP contribution >= 0.6 is 11.3 Å². The SMILES string of the molecule is O=C(C1CCCCN1C(=O)c1cccs1)N1CCN(Cc2ccncc2)CC1. The number of rotatable bonds is 4. The molecule has 7 heteroatoms. The molecule has 148 valence electrons. The molecule has 0 aromatic carbocycles. The molecule has 6 nitrogen and oxygen atoms in total. The fourth-order valence-corrected chi connectivity index (χ4v) is 4.74. The van der Waals surface area contributed by atoms with E-state index in [0.717, 1.165) is 56.9 Å². The third-order valence-electron chi connectivity index (χ3n) is 5.62. The van der Waals surface area contributed by atoms with E-state index in [4.69, 9.17) is 0 Å². The lowest BCUT2D eigenvalue weighted by Crippen LogP contribution is -2.57. The van der Waals surface area contributed by atoms with Crippen LogP contribution in [0, 0.1) is 0 Å². The van der Waals surface area contributed by atoms with Crippen LogP contribution in [0.5, 0.6) is 0 Å². The van der Waals surface area contributed by atoms with Crippen LogP contribution in [0.25, 0.3) is 0 Å². The first-order valence-electron chi connectivity index (χ1n) is 9.97. The zero-order valence-corrected chi connectivity index (χ0v) is 16.8. The molecule has 2 aromatic heterocycles. The van der Waals surface area contributed by atoms with E-state index in [1.54, 1.807) is 4.90 Å². The molecule has 1 atom stereocenters. The number of thiophene rings is 1. The van der Waals surface area contributed by atoms with Gasteiger partial charge in [0.1, 0.15) is 6.04 Å². The van der Waals surface area contributed by atoms with Crippen molar-refractivity contribution in [1.82, 2.24) is 19.7 Å². The molecule has 2 aliphatic heterocycles. The summed E-state index contributed by atoms with van der Waals surface area (Å²) in [6.07, 6.45) is 6.38. The second-order valence-corrected chi connectivity index (χ2v) is 8.39. The fourth-order valence-electron chi connectivity index (χ4n) is 4.06. The average Bonchev–Trinajstić information content (AvgIpc) is 3.29. The maximum atomic E-state index is 13.2. The number of nitrogens with zero attached hydrogens (tertiary/aromatic N) is 4. The van der Waals surface area contributed by atoms with E-state index in [1.165, 1.54) is 16.9 Å². The van der Waals surface area contributed by atoms with Crippen molar-refractivity contribution in [3.05, 3.63) is 52.5 Å². The Hall–Kier alpha value is -2.25. The van der Waals surface area contributed by atoms with Crippen molar-refractivity contribution in [2.75, 3.05) is 32.7 Å².